The van der Waals surface area contributed by atoms with Crippen LogP contribution in [0.4, 0.5) is 9.59 Å². The van der Waals surface area contributed by atoms with Gasteiger partial charge in [-0.1, -0.05) is 137 Å². The van der Waals surface area contributed by atoms with Crippen molar-refractivity contribution in [2.24, 2.45) is 11.8 Å². The van der Waals surface area contributed by atoms with Crippen LogP contribution in [0.2, 0.25) is 0 Å². The van der Waals surface area contributed by atoms with Gasteiger partial charge in [0, 0.05) is 37.2 Å². The van der Waals surface area contributed by atoms with Gasteiger partial charge in [0.05, 0.1) is 13.2 Å². The molecular weight excluding hydrogens is 1050 g/mol. The Bertz CT molecular complexity index is 3150. The van der Waals surface area contributed by atoms with Crippen molar-refractivity contribution in [1.82, 2.24) is 37.2 Å². The van der Waals surface area contributed by atoms with Crippen LogP contribution in [-0.2, 0) is 23.9 Å². The minimum atomic E-state index is -1.15. The van der Waals surface area contributed by atoms with E-state index in [2.05, 4.69) is 93.5 Å². The molecule has 17 heteroatoms. The van der Waals surface area contributed by atoms with E-state index in [9.17, 15) is 24.0 Å². The Balaban J connectivity index is 1.07. The molecule has 0 aliphatic heterocycles. The van der Waals surface area contributed by atoms with E-state index in [-0.39, 0.29) is 63.4 Å². The molecule has 8 N–H and O–H groups in total. The van der Waals surface area contributed by atoms with Gasteiger partial charge in [0.25, 0.3) is 0 Å². The normalized spacial score (nSPS) is 13.0. The molecule has 0 radical (unpaired) electrons. The first kappa shape index (κ1) is 62.3. The van der Waals surface area contributed by atoms with E-state index in [0.717, 1.165) is 67.1 Å². The zero-order chi connectivity index (χ0) is 59.5. The molecule has 0 unspecified atom stereocenters. The summed E-state index contributed by atoms with van der Waals surface area (Å²) in [5.41, 5.74) is 5.36. The highest BCUT2D eigenvalue weighted by Gasteiger charge is 2.33. The molecule has 0 fully saturated rings. The maximum absolute atomic E-state index is 14.6. The summed E-state index contributed by atoms with van der Waals surface area (Å²) in [5, 5.41) is 32.1. The SMILES string of the molecule is CNC(=N)NCCC[C@@H](NC(=O)[C@@H](CC(C)C)NC(=O)OCC1c2ccccc2-c2ccccc21)C(=O)N[C@H](CCCCNC(=O)OC(C)(C)C)C(=O)NCCOc1ccc2ccccc2c1-c1c(OCCC(C)C)ccc2ccccc12. The predicted molar refractivity (Wildman–Crippen MR) is 328 cm³/mol. The Hall–Kier alpha value is -8.34. The average Bonchev–Trinajstić information content (AvgIpc) is 3.96. The quantitative estimate of drug-likeness (QED) is 0.0131. The lowest BCUT2D eigenvalue weighted by atomic mass is 9.92. The number of hydrogen-bond acceptors (Lipinski definition) is 10. The molecule has 1 aliphatic rings. The number of alkyl carbamates (subject to hydrolysis) is 2. The van der Waals surface area contributed by atoms with Gasteiger partial charge in [0.15, 0.2) is 5.96 Å². The van der Waals surface area contributed by atoms with Crippen molar-refractivity contribution in [2.45, 2.75) is 123 Å². The fourth-order valence-electron chi connectivity index (χ4n) is 10.3. The second-order valence-corrected chi connectivity index (χ2v) is 22.9. The summed E-state index contributed by atoms with van der Waals surface area (Å²) in [6, 6.07) is 37.1. The lowest BCUT2D eigenvalue weighted by molar-refractivity contribution is -0.133. The van der Waals surface area contributed by atoms with Crippen molar-refractivity contribution in [3.05, 3.63) is 132 Å². The zero-order valence-corrected chi connectivity index (χ0v) is 49.4. The van der Waals surface area contributed by atoms with E-state index in [0.29, 0.717) is 44.1 Å². The Morgan fingerprint density at radius 2 is 1.06 bits per heavy atom. The molecular formula is C66H84N8O9. The first-order valence-corrected chi connectivity index (χ1v) is 29.2. The highest BCUT2D eigenvalue weighted by molar-refractivity contribution is 6.10. The molecule has 7 rings (SSSR count). The van der Waals surface area contributed by atoms with Gasteiger partial charge in [-0.2, -0.15) is 0 Å². The van der Waals surface area contributed by atoms with Gasteiger partial charge < -0.3 is 56.2 Å². The minimum Gasteiger partial charge on any atom is -0.493 e. The highest BCUT2D eigenvalue weighted by atomic mass is 16.6. The van der Waals surface area contributed by atoms with Crippen LogP contribution in [-0.4, -0.2) is 106 Å². The van der Waals surface area contributed by atoms with Crippen LogP contribution in [0.5, 0.6) is 11.5 Å². The summed E-state index contributed by atoms with van der Waals surface area (Å²) in [6.07, 6.45) is 1.33. The molecule has 0 spiro atoms. The summed E-state index contributed by atoms with van der Waals surface area (Å²) >= 11 is 0. The minimum absolute atomic E-state index is 0.0392. The van der Waals surface area contributed by atoms with Crippen molar-refractivity contribution >= 4 is 57.4 Å². The molecule has 6 aromatic rings. The van der Waals surface area contributed by atoms with Crippen LogP contribution in [0.1, 0.15) is 110 Å². The first-order valence-electron chi connectivity index (χ1n) is 29.2. The Labute approximate surface area is 488 Å². The summed E-state index contributed by atoms with van der Waals surface area (Å²) in [6.45, 7) is 14.8. The van der Waals surface area contributed by atoms with Crippen LogP contribution in [0.3, 0.4) is 0 Å². The number of rotatable bonds is 28. The molecule has 17 nitrogen and oxygen atoms in total. The number of benzene rings is 6. The van der Waals surface area contributed by atoms with E-state index in [4.69, 9.17) is 24.4 Å². The molecule has 83 heavy (non-hydrogen) atoms. The number of guanidine groups is 1. The number of unbranched alkanes of at least 4 members (excludes halogenated alkanes) is 1. The van der Waals surface area contributed by atoms with Crippen molar-refractivity contribution in [3.63, 3.8) is 0 Å². The molecule has 0 bridgehead atoms. The second-order valence-electron chi connectivity index (χ2n) is 22.9. The van der Waals surface area contributed by atoms with Gasteiger partial charge in [-0.25, -0.2) is 9.59 Å². The molecule has 3 atom stereocenters. The smallest absolute Gasteiger partial charge is 0.407 e. The average molecular weight is 1130 g/mol. The number of fused-ring (bicyclic) bond motifs is 5. The van der Waals surface area contributed by atoms with E-state index in [1.54, 1.807) is 27.8 Å². The van der Waals surface area contributed by atoms with Gasteiger partial charge >= 0.3 is 12.2 Å². The third kappa shape index (κ3) is 17.8. The molecule has 1 aliphatic carbocycles. The molecule has 6 aromatic carbocycles. The van der Waals surface area contributed by atoms with Gasteiger partial charge in [0.1, 0.15) is 48.4 Å². The van der Waals surface area contributed by atoms with E-state index < -0.39 is 53.6 Å². The maximum Gasteiger partial charge on any atom is 0.407 e. The molecule has 0 heterocycles. The standard InChI is InChI=1S/C66H84N8O9/c1-42(2)34-38-80-56-32-30-44-20-9-11-22-46(44)58(56)59-47-23-12-10-21-45(47)31-33-57(59)81-39-37-69-60(75)53(28-17-18-35-71-64(78)83-66(5,6)7)72-61(76)54(29-19-36-70-63(67)68-8)73-62(77)55(40-43(3)4)74-65(79)82-41-52-50-26-15-13-24-48(50)49-25-14-16-27-51(49)52/h9-16,20-27,30-33,42-43,52-55H,17-19,28-29,34-41H2,1-8H3,(H,69,75)(H,71,78)(H,72,76)(H,73,77)(H,74,79)(H3,67,68,70)/t53-,54-,55-/m1/s1. The van der Waals surface area contributed by atoms with E-state index in [1.807, 2.05) is 92.7 Å². The van der Waals surface area contributed by atoms with Gasteiger partial charge in [-0.15, -0.1) is 0 Å². The lowest BCUT2D eigenvalue weighted by Gasteiger charge is -2.26. The van der Waals surface area contributed by atoms with Crippen molar-refractivity contribution in [2.75, 3.05) is 46.5 Å². The number of carbonyl (C=O) groups excluding carboxylic acids is 5. The molecule has 5 amide bonds. The number of carbonyl (C=O) groups is 5. The van der Waals surface area contributed by atoms with E-state index in [1.165, 1.54) is 0 Å². The Morgan fingerprint density at radius 1 is 0.530 bits per heavy atom. The summed E-state index contributed by atoms with van der Waals surface area (Å²) in [5.74, 6) is -0.0314. The van der Waals surface area contributed by atoms with Gasteiger partial charge in [-0.3, -0.25) is 19.8 Å². The number of ether oxygens (including phenoxy) is 4. The first-order chi connectivity index (χ1) is 39.9. The van der Waals surface area contributed by atoms with Crippen molar-refractivity contribution in [1.29, 1.82) is 5.41 Å². The van der Waals surface area contributed by atoms with E-state index >= 15 is 0 Å². The number of nitrogens with one attached hydrogen (secondary N) is 8. The summed E-state index contributed by atoms with van der Waals surface area (Å²) in [7, 11) is 1.61. The number of amides is 5. The largest absolute Gasteiger partial charge is 0.493 e. The zero-order valence-electron chi connectivity index (χ0n) is 49.4. The van der Waals surface area contributed by atoms with Crippen LogP contribution < -0.4 is 46.7 Å². The van der Waals surface area contributed by atoms with Crippen LogP contribution in [0, 0.1) is 17.2 Å². The fourth-order valence-corrected chi connectivity index (χ4v) is 10.3. The Kier molecular flexibility index (Phi) is 22.6. The topological polar surface area (TPSA) is 230 Å². The molecule has 0 aromatic heterocycles. The monoisotopic (exact) mass is 1130 g/mol. The fraction of sp³-hybridized carbons (Fsp3) is 0.424. The van der Waals surface area contributed by atoms with Crippen molar-refractivity contribution in [3.8, 4) is 33.8 Å². The highest BCUT2D eigenvalue weighted by Crippen LogP contribution is 2.46. The molecule has 0 saturated heterocycles. The van der Waals surface area contributed by atoms with Crippen LogP contribution in [0.25, 0.3) is 43.8 Å². The Morgan fingerprint density at radius 3 is 1.64 bits per heavy atom. The molecule has 0 saturated carbocycles. The summed E-state index contributed by atoms with van der Waals surface area (Å²) < 4.78 is 24.4. The third-order valence-electron chi connectivity index (χ3n) is 14.4. The summed E-state index contributed by atoms with van der Waals surface area (Å²) in [4.78, 5) is 69.5. The van der Waals surface area contributed by atoms with Crippen LogP contribution in [0.15, 0.2) is 121 Å². The number of hydrogen-bond donors (Lipinski definition) is 8. The lowest BCUT2D eigenvalue weighted by Crippen LogP contribution is -2.57. The van der Waals surface area contributed by atoms with Gasteiger partial charge in [0.2, 0.25) is 17.7 Å². The second kappa shape index (κ2) is 30.1. The predicted octanol–water partition coefficient (Wildman–Crippen LogP) is 10.7. The van der Waals surface area contributed by atoms with Gasteiger partial charge in [-0.05, 0) is 133 Å². The molecule has 442 valence electrons. The van der Waals surface area contributed by atoms with Crippen LogP contribution >= 0.6 is 0 Å². The van der Waals surface area contributed by atoms with Crippen molar-refractivity contribution < 1.29 is 42.9 Å². The maximum atomic E-state index is 14.6. The third-order valence-corrected chi connectivity index (χ3v) is 14.4.